The van der Waals surface area contributed by atoms with E-state index in [-0.39, 0.29) is 45.2 Å². The normalized spacial score (nSPS) is 19.6. The fraction of sp³-hybridized carbons (Fsp3) is 0.250. The number of pyridine rings is 1. The lowest BCUT2D eigenvalue weighted by atomic mass is 9.83. The molecule has 8 aromatic rings. The Bertz CT molecular complexity index is 3870. The number of aromatic nitrogens is 3. The summed E-state index contributed by atoms with van der Waals surface area (Å²) in [5.41, 5.74) is -7.48. The van der Waals surface area contributed by atoms with Gasteiger partial charge in [-0.1, -0.05) is 147 Å². The lowest BCUT2D eigenvalue weighted by Crippen LogP contribution is -2.12. The summed E-state index contributed by atoms with van der Waals surface area (Å²) in [4.78, 5) is 9.58. The van der Waals surface area contributed by atoms with Gasteiger partial charge in [-0.15, -0.1) is 0 Å². The zero-order chi connectivity index (χ0) is 63.8. The van der Waals surface area contributed by atoms with E-state index in [2.05, 4.69) is 4.98 Å². The smallest absolute Gasteiger partial charge is 0.149 e. The van der Waals surface area contributed by atoms with Crippen LogP contribution in [0.3, 0.4) is 0 Å². The molecule has 0 amide bonds. The molecule has 0 saturated heterocycles. The van der Waals surface area contributed by atoms with Crippen molar-refractivity contribution in [1.82, 2.24) is 14.5 Å². The molecule has 8 rings (SSSR count). The number of hydrogen-bond acceptors (Lipinski definition) is 3. The SMILES string of the molecule is [2H]c1nc(-c2cc(-c3cccc4c3nc(-c3cc(C)cc(C)c3O)n4-c3ccc(C(C([2H])([2H])[2H])(C([2H])([2H])[2H])C([2H])([2H])[2H])cc3-c3ccccc3)cc(C(C)(C)C)c2)c([2H])c(-c2c([2H])c([2H])c(C(C([2H])([2H])[2H])(C([2H])([2H])[2H])C([2H])([2H])[2H])c([2H])c2[2H])c1[2H]. The summed E-state index contributed by atoms with van der Waals surface area (Å²) in [7, 11) is 0. The molecule has 0 aliphatic heterocycles. The lowest BCUT2D eigenvalue weighted by molar-refractivity contribution is 0.472. The molecule has 4 nitrogen and oxygen atoms in total. The van der Waals surface area contributed by atoms with Gasteiger partial charge in [0.2, 0.25) is 0 Å². The largest absolute Gasteiger partial charge is 0.507 e. The van der Waals surface area contributed by atoms with Gasteiger partial charge >= 0.3 is 0 Å². The standard InChI is InChI=1S/C56H57N3O/c1-35-28-36(2)52(60)47(29-35)53-58-51-45(18-15-19-50(51)59(53)49-25-24-43(55(6,7)8)34-46(49)38-16-13-12-14-17-38)40-30-41(32-44(31-40)56(9,10)11)48-33-39(26-27-57-48)37-20-22-42(23-21-37)54(3,4)5/h12-34,60H,1-11H3/i3D3,4D3,5D3,6D3,7D3,8D3,20D,21D,22D,23D,26D,27D,33D. The van der Waals surface area contributed by atoms with Gasteiger partial charge in [-0.05, 0) is 129 Å². The first-order valence-electron chi connectivity index (χ1n) is 31.6. The maximum Gasteiger partial charge on any atom is 0.149 e. The van der Waals surface area contributed by atoms with Gasteiger partial charge in [-0.3, -0.25) is 9.55 Å². The number of aromatic hydroxyl groups is 1. The van der Waals surface area contributed by atoms with Gasteiger partial charge < -0.3 is 5.11 Å². The molecule has 0 atom stereocenters. The van der Waals surface area contributed by atoms with Crippen molar-refractivity contribution in [3.63, 3.8) is 0 Å². The summed E-state index contributed by atoms with van der Waals surface area (Å²) < 4.78 is 217. The quantitative estimate of drug-likeness (QED) is 0.182. The second kappa shape index (κ2) is 15.1. The highest BCUT2D eigenvalue weighted by Crippen LogP contribution is 2.43. The second-order valence-corrected chi connectivity index (χ2v) is 16.0. The molecule has 2 heterocycles. The fourth-order valence-corrected chi connectivity index (χ4v) is 7.26. The molecule has 6 aromatic carbocycles. The highest BCUT2D eigenvalue weighted by Gasteiger charge is 2.25. The van der Waals surface area contributed by atoms with Crippen molar-refractivity contribution in [1.29, 1.82) is 0 Å². The van der Waals surface area contributed by atoms with Crippen molar-refractivity contribution in [3.05, 3.63) is 167 Å². The Morgan fingerprint density at radius 3 is 2.02 bits per heavy atom. The molecular formula is C56H57N3O. The number of nitrogens with zero attached hydrogens (tertiary/aromatic N) is 3. The molecule has 302 valence electrons. The number of rotatable bonds is 6. The van der Waals surface area contributed by atoms with E-state index in [0.29, 0.717) is 38.9 Å². The van der Waals surface area contributed by atoms with E-state index >= 15 is 0 Å². The van der Waals surface area contributed by atoms with Crippen LogP contribution in [-0.4, -0.2) is 19.6 Å². The molecule has 1 N–H and O–H groups in total. The van der Waals surface area contributed by atoms with Crippen molar-refractivity contribution in [2.75, 3.05) is 0 Å². The van der Waals surface area contributed by atoms with Crippen LogP contribution in [0.15, 0.2) is 139 Å². The minimum absolute atomic E-state index is 0.118. The van der Waals surface area contributed by atoms with Crippen LogP contribution in [0, 0.1) is 13.8 Å². The Labute approximate surface area is 391 Å². The summed E-state index contributed by atoms with van der Waals surface area (Å²) in [6.07, 6.45) is -0.820. The first kappa shape index (κ1) is 20.3. The molecule has 0 fully saturated rings. The van der Waals surface area contributed by atoms with Gasteiger partial charge in [0, 0.05) is 47.5 Å². The third kappa shape index (κ3) is 7.79. The van der Waals surface area contributed by atoms with Gasteiger partial charge in [0.1, 0.15) is 11.6 Å². The summed E-state index contributed by atoms with van der Waals surface area (Å²) in [6.45, 7) is -13.6. The Kier molecular flexibility index (Phi) is 5.11. The van der Waals surface area contributed by atoms with Crippen molar-refractivity contribution in [2.24, 2.45) is 0 Å². The van der Waals surface area contributed by atoms with Gasteiger partial charge in [-0.25, -0.2) is 4.98 Å². The Morgan fingerprint density at radius 2 is 1.30 bits per heavy atom. The van der Waals surface area contributed by atoms with Crippen LogP contribution in [0.2, 0.25) is 0 Å². The minimum Gasteiger partial charge on any atom is -0.507 e. The molecule has 2 aromatic heterocycles. The van der Waals surface area contributed by atoms with Crippen LogP contribution in [0.25, 0.3) is 72.7 Å². The number of para-hydroxylation sites is 1. The molecule has 0 aliphatic rings. The first-order valence-corrected chi connectivity index (χ1v) is 19.1. The van der Waals surface area contributed by atoms with E-state index in [1.54, 1.807) is 91.2 Å². The Hall–Kier alpha value is -6.26. The number of benzene rings is 6. The summed E-state index contributed by atoms with van der Waals surface area (Å²) in [6, 6.07) is 19.2. The van der Waals surface area contributed by atoms with E-state index in [1.165, 1.54) is 12.1 Å². The Morgan fingerprint density at radius 1 is 0.583 bits per heavy atom. The first-order chi connectivity index (χ1) is 38.8. The maximum absolute atomic E-state index is 11.9. The van der Waals surface area contributed by atoms with Crippen LogP contribution < -0.4 is 0 Å². The molecule has 0 saturated carbocycles. The highest BCUT2D eigenvalue weighted by atomic mass is 16.3. The second-order valence-electron chi connectivity index (χ2n) is 16.0. The zero-order valence-corrected chi connectivity index (χ0v) is 33.5. The van der Waals surface area contributed by atoms with Crippen LogP contribution in [0.5, 0.6) is 5.75 Å². The number of phenolic OH excluding ortho intramolecular Hbond substituents is 1. The average Bonchev–Trinajstić information content (AvgIpc) is 1.16. The van der Waals surface area contributed by atoms with Crippen molar-refractivity contribution < 1.29 is 39.4 Å². The topological polar surface area (TPSA) is 50.9 Å². The summed E-state index contributed by atoms with van der Waals surface area (Å²) in [5.74, 6) is -0.0386. The van der Waals surface area contributed by atoms with Gasteiger partial charge in [0.05, 0.1) is 37.6 Å². The van der Waals surface area contributed by atoms with E-state index in [1.807, 2.05) is 26.8 Å². The molecule has 0 spiro atoms. The lowest BCUT2D eigenvalue weighted by Gasteiger charge is -2.23. The average molecular weight is 813 g/mol. The van der Waals surface area contributed by atoms with Crippen molar-refractivity contribution in [3.8, 4) is 67.5 Å². The van der Waals surface area contributed by atoms with Gasteiger partial charge in [0.25, 0.3) is 0 Å². The van der Waals surface area contributed by atoms with E-state index in [4.69, 9.17) is 37.9 Å². The van der Waals surface area contributed by atoms with E-state index in [0.717, 1.165) is 6.07 Å². The minimum atomic E-state index is -3.98. The predicted octanol–water partition coefficient (Wildman–Crippen LogP) is 15.0. The number of fused-ring (bicyclic) bond motifs is 1. The molecule has 0 bridgehead atoms. The molecule has 0 radical (unpaired) electrons. The maximum atomic E-state index is 11.9. The molecule has 60 heavy (non-hydrogen) atoms. The number of hydrogen-bond donors (Lipinski definition) is 1. The molecule has 4 heteroatoms. The number of imidazole rings is 1. The van der Waals surface area contributed by atoms with E-state index < -0.39 is 122 Å². The fourth-order valence-electron chi connectivity index (χ4n) is 7.26. The van der Waals surface area contributed by atoms with Crippen LogP contribution in [0.1, 0.15) is 124 Å². The van der Waals surface area contributed by atoms with Crippen LogP contribution in [-0.2, 0) is 16.2 Å². The van der Waals surface area contributed by atoms with Crippen molar-refractivity contribution in [2.45, 2.75) is 92.0 Å². The van der Waals surface area contributed by atoms with Crippen LogP contribution in [0.4, 0.5) is 0 Å². The number of aryl methyl sites for hydroxylation is 2. The third-order valence-electron chi connectivity index (χ3n) is 10.4. The van der Waals surface area contributed by atoms with Gasteiger partial charge in [-0.2, -0.15) is 0 Å². The monoisotopic (exact) mass is 813 g/mol. The summed E-state index contributed by atoms with van der Waals surface area (Å²) >= 11 is 0. The zero-order valence-electron chi connectivity index (χ0n) is 58.5. The molecule has 0 aliphatic carbocycles. The van der Waals surface area contributed by atoms with Crippen LogP contribution >= 0.6 is 0 Å². The summed E-state index contributed by atoms with van der Waals surface area (Å²) in [5, 5.41) is 11.9. The molecular weight excluding hydrogens is 731 g/mol. The Balaban J connectivity index is 1.47. The van der Waals surface area contributed by atoms with E-state index in [9.17, 15) is 6.48 Å². The highest BCUT2D eigenvalue weighted by molar-refractivity contribution is 5.98. The van der Waals surface area contributed by atoms with Gasteiger partial charge in [0.15, 0.2) is 0 Å². The van der Waals surface area contributed by atoms with Crippen molar-refractivity contribution >= 4 is 11.0 Å². The molecule has 0 unspecified atom stereocenters. The number of phenols is 1. The third-order valence-corrected chi connectivity index (χ3v) is 10.4. The predicted molar refractivity (Wildman–Crippen MR) is 253 cm³/mol.